The number of halogens is 1. The Hall–Kier alpha value is 0.600. The first-order valence-corrected chi connectivity index (χ1v) is 4.04. The first-order chi connectivity index (χ1) is 3.33. The van der Waals surface area contributed by atoms with Crippen LogP contribution in [0.5, 0.6) is 0 Å². The molecule has 1 aliphatic heterocycles. The summed E-state index contributed by atoms with van der Waals surface area (Å²) in [5.74, 6) is 3.59. The van der Waals surface area contributed by atoms with Crippen molar-refractivity contribution in [1.82, 2.24) is 0 Å². The summed E-state index contributed by atoms with van der Waals surface area (Å²) in [6.07, 6.45) is 0. The molecule has 0 saturated carbocycles. The van der Waals surface area contributed by atoms with Crippen LogP contribution in [0.15, 0.2) is 0 Å². The minimum Gasteiger partial charge on any atom is -0.616 e. The van der Waals surface area contributed by atoms with E-state index in [0.717, 1.165) is 11.5 Å². The maximum Gasteiger partial charge on any atom is 0.114 e. The molecule has 0 amide bonds. The largest absolute Gasteiger partial charge is 0.616 e. The van der Waals surface area contributed by atoms with E-state index in [1.807, 2.05) is 0 Å². The van der Waals surface area contributed by atoms with E-state index >= 15 is 0 Å². The normalized spacial score (nSPS) is 40.3. The highest BCUT2D eigenvalue weighted by atomic mass is 35.5. The average Bonchev–Trinajstić information content (AvgIpc) is 1.58. The lowest BCUT2D eigenvalue weighted by Gasteiger charge is -2.26. The van der Waals surface area contributed by atoms with Gasteiger partial charge in [0.1, 0.15) is 11.5 Å². The SMILES string of the molecule is [O-][S@+]1C[C@H]([CH]Cl)C1. The lowest BCUT2D eigenvalue weighted by molar-refractivity contribution is 0.554. The second-order valence-corrected chi connectivity index (χ2v) is 3.46. The van der Waals surface area contributed by atoms with Crippen LogP contribution in [0.2, 0.25) is 0 Å². The van der Waals surface area contributed by atoms with E-state index in [1.165, 1.54) is 0 Å². The second-order valence-electron chi connectivity index (χ2n) is 1.66. The number of hydrogen-bond donors (Lipinski definition) is 0. The van der Waals surface area contributed by atoms with Gasteiger partial charge in [-0.05, 0) is 0 Å². The summed E-state index contributed by atoms with van der Waals surface area (Å²) in [5.41, 5.74) is 0. The summed E-state index contributed by atoms with van der Waals surface area (Å²) in [5, 5.41) is 0. The molecule has 1 saturated heterocycles. The minimum atomic E-state index is -0.538. The molecule has 1 radical (unpaired) electrons. The maximum absolute atomic E-state index is 10.3. The summed E-state index contributed by atoms with van der Waals surface area (Å²) in [6, 6.07) is 0. The molecule has 0 spiro atoms. The van der Waals surface area contributed by atoms with Gasteiger partial charge in [-0.1, -0.05) is 11.2 Å². The van der Waals surface area contributed by atoms with Crippen molar-refractivity contribution in [3.8, 4) is 0 Å². The Kier molecular flexibility index (Phi) is 1.84. The molecule has 1 nitrogen and oxygen atoms in total. The topological polar surface area (TPSA) is 23.1 Å². The summed E-state index contributed by atoms with van der Waals surface area (Å²) in [7, 11) is 0. The van der Waals surface area contributed by atoms with E-state index in [-0.39, 0.29) is 0 Å². The van der Waals surface area contributed by atoms with Crippen LogP contribution in [0.3, 0.4) is 0 Å². The van der Waals surface area contributed by atoms with Crippen molar-refractivity contribution in [2.24, 2.45) is 5.92 Å². The van der Waals surface area contributed by atoms with E-state index in [0.29, 0.717) is 5.92 Å². The molecule has 0 aromatic rings. The van der Waals surface area contributed by atoms with E-state index in [1.54, 1.807) is 5.88 Å². The first-order valence-electron chi connectivity index (χ1n) is 2.11. The highest BCUT2D eigenvalue weighted by molar-refractivity contribution is 7.92. The van der Waals surface area contributed by atoms with E-state index in [9.17, 15) is 4.55 Å². The molecule has 0 aromatic heterocycles. The number of hydrogen-bond acceptors (Lipinski definition) is 1. The van der Waals surface area contributed by atoms with Gasteiger partial charge in [-0.3, -0.25) is 0 Å². The van der Waals surface area contributed by atoms with E-state index in [2.05, 4.69) is 0 Å². The quantitative estimate of drug-likeness (QED) is 0.490. The molecule has 0 atom stereocenters. The Labute approximate surface area is 51.2 Å². The van der Waals surface area contributed by atoms with Gasteiger partial charge < -0.3 is 4.55 Å². The van der Waals surface area contributed by atoms with Gasteiger partial charge in [0.25, 0.3) is 0 Å². The lowest BCUT2D eigenvalue weighted by Crippen LogP contribution is -2.35. The Balaban J connectivity index is 2.06. The maximum atomic E-state index is 10.3. The van der Waals surface area contributed by atoms with Gasteiger partial charge in [-0.15, -0.1) is 11.6 Å². The molecule has 0 N–H and O–H groups in total. The molecule has 41 valence electrons. The van der Waals surface area contributed by atoms with Crippen LogP contribution >= 0.6 is 11.6 Å². The van der Waals surface area contributed by atoms with Crippen molar-refractivity contribution in [3.63, 3.8) is 0 Å². The molecule has 1 aliphatic rings. The first kappa shape index (κ1) is 5.73. The average molecular weight is 138 g/mol. The van der Waals surface area contributed by atoms with Gasteiger partial charge >= 0.3 is 0 Å². The van der Waals surface area contributed by atoms with Gasteiger partial charge in [0.05, 0.1) is 11.8 Å². The summed E-state index contributed by atoms with van der Waals surface area (Å²) in [6.45, 7) is 0. The van der Waals surface area contributed by atoms with E-state index in [4.69, 9.17) is 11.6 Å². The zero-order valence-corrected chi connectivity index (χ0v) is 5.34. The molecule has 7 heavy (non-hydrogen) atoms. The fraction of sp³-hybridized carbons (Fsp3) is 0.750. The van der Waals surface area contributed by atoms with Gasteiger partial charge in [0.15, 0.2) is 0 Å². The fourth-order valence-electron chi connectivity index (χ4n) is 0.501. The van der Waals surface area contributed by atoms with Crippen molar-refractivity contribution in [3.05, 3.63) is 5.88 Å². The second kappa shape index (κ2) is 2.25. The van der Waals surface area contributed by atoms with Crippen LogP contribution < -0.4 is 0 Å². The van der Waals surface area contributed by atoms with Crippen molar-refractivity contribution in [2.45, 2.75) is 0 Å². The zero-order chi connectivity index (χ0) is 5.28. The van der Waals surface area contributed by atoms with Gasteiger partial charge in [0, 0.05) is 0 Å². The molecular weight excluding hydrogens is 132 g/mol. The Morgan fingerprint density at radius 2 is 2.29 bits per heavy atom. The van der Waals surface area contributed by atoms with Crippen LogP contribution in [0, 0.1) is 11.8 Å². The van der Waals surface area contributed by atoms with Gasteiger partial charge in [-0.25, -0.2) is 0 Å². The molecule has 1 fully saturated rings. The third-order valence-electron chi connectivity index (χ3n) is 0.978. The third kappa shape index (κ3) is 1.24. The van der Waals surface area contributed by atoms with Crippen molar-refractivity contribution < 1.29 is 4.55 Å². The molecular formula is C4H6ClOS. The number of rotatable bonds is 1. The highest BCUT2D eigenvalue weighted by Crippen LogP contribution is 2.21. The molecule has 0 aromatic carbocycles. The fourth-order valence-corrected chi connectivity index (χ4v) is 1.94. The third-order valence-corrected chi connectivity index (χ3v) is 2.93. The van der Waals surface area contributed by atoms with Crippen LogP contribution in [-0.2, 0) is 11.2 Å². The zero-order valence-electron chi connectivity index (χ0n) is 3.76. The van der Waals surface area contributed by atoms with Crippen LogP contribution in [0.4, 0.5) is 0 Å². The summed E-state index contributed by atoms with van der Waals surface area (Å²) >= 11 is 4.77. The van der Waals surface area contributed by atoms with E-state index < -0.39 is 11.2 Å². The molecule has 0 bridgehead atoms. The highest BCUT2D eigenvalue weighted by Gasteiger charge is 2.30. The predicted octanol–water partition coefficient (Wildman–Crippen LogP) is 0.765. The Bertz CT molecular complexity index is 62.7. The van der Waals surface area contributed by atoms with Crippen LogP contribution in [0.1, 0.15) is 0 Å². The molecule has 1 heterocycles. The Morgan fingerprint density at radius 1 is 1.71 bits per heavy atom. The predicted molar refractivity (Wildman–Crippen MR) is 31.5 cm³/mol. The molecule has 0 unspecified atom stereocenters. The summed E-state index contributed by atoms with van der Waals surface area (Å²) in [4.78, 5) is 0. The van der Waals surface area contributed by atoms with Crippen LogP contribution in [0.25, 0.3) is 0 Å². The standard InChI is InChI=1S/C4H6ClOS/c5-1-4-2-7(6)3-4/h1,4H,2-3H2/t4-,7+. The lowest BCUT2D eigenvalue weighted by atomic mass is 10.2. The van der Waals surface area contributed by atoms with Crippen molar-refractivity contribution >= 4 is 22.8 Å². The van der Waals surface area contributed by atoms with Gasteiger partial charge in [-0.2, -0.15) is 0 Å². The smallest absolute Gasteiger partial charge is 0.114 e. The van der Waals surface area contributed by atoms with Crippen molar-refractivity contribution in [1.29, 1.82) is 0 Å². The summed E-state index contributed by atoms with van der Waals surface area (Å²) < 4.78 is 10.3. The molecule has 1 rings (SSSR count). The Morgan fingerprint density at radius 3 is 2.43 bits per heavy atom. The van der Waals surface area contributed by atoms with Crippen molar-refractivity contribution in [2.75, 3.05) is 11.5 Å². The monoisotopic (exact) mass is 137 g/mol. The van der Waals surface area contributed by atoms with Crippen LogP contribution in [-0.4, -0.2) is 16.1 Å². The molecule has 3 heteroatoms. The molecule has 0 aliphatic carbocycles. The van der Waals surface area contributed by atoms with Gasteiger partial charge in [0.2, 0.25) is 0 Å². The minimum absolute atomic E-state index is 0.433.